The Labute approximate surface area is 172 Å². The molecule has 146 valence electrons. The molecule has 2 aromatic carbocycles. The summed E-state index contributed by atoms with van der Waals surface area (Å²) in [5.74, 6) is 0.889. The summed E-state index contributed by atoms with van der Waals surface area (Å²) in [6.07, 6.45) is 3.75. The molecule has 0 radical (unpaired) electrons. The van der Waals surface area contributed by atoms with Crippen molar-refractivity contribution >= 4 is 39.2 Å². The molecule has 28 heavy (non-hydrogen) atoms. The molecule has 1 aliphatic rings. The van der Waals surface area contributed by atoms with Crippen LogP contribution < -0.4 is 9.47 Å². The third-order valence-corrected chi connectivity index (χ3v) is 6.58. The predicted molar refractivity (Wildman–Crippen MR) is 114 cm³/mol. The number of ether oxygens (including phenoxy) is 2. The molecule has 1 amide bonds. The maximum absolute atomic E-state index is 12.7. The van der Waals surface area contributed by atoms with Crippen molar-refractivity contribution in [3.63, 3.8) is 0 Å². The van der Waals surface area contributed by atoms with Crippen molar-refractivity contribution in [1.82, 2.24) is 9.88 Å². The average molecular weight is 415 g/mol. The fourth-order valence-corrected chi connectivity index (χ4v) is 4.57. The number of nitrogens with zero attached hydrogens (tertiary/aromatic N) is 2. The van der Waals surface area contributed by atoms with Crippen molar-refractivity contribution < 1.29 is 14.3 Å². The highest BCUT2D eigenvalue weighted by molar-refractivity contribution is 7.98. The number of rotatable bonds is 5. The second-order valence-corrected chi connectivity index (χ2v) is 8.52. The summed E-state index contributed by atoms with van der Waals surface area (Å²) in [5, 5.41) is 0.681. The normalized spacial score (nSPS) is 15.0. The summed E-state index contributed by atoms with van der Waals surface area (Å²) in [6, 6.07) is 13.7. The summed E-state index contributed by atoms with van der Waals surface area (Å²) in [6.45, 7) is 1.40. The maximum Gasteiger partial charge on any atom is 0.274 e. The van der Waals surface area contributed by atoms with E-state index in [0.29, 0.717) is 18.3 Å². The highest BCUT2D eigenvalue weighted by Gasteiger charge is 2.25. The second-order valence-electron chi connectivity index (χ2n) is 6.65. The average Bonchev–Trinajstić information content (AvgIpc) is 3.15. The van der Waals surface area contributed by atoms with Crippen molar-refractivity contribution in [1.29, 1.82) is 0 Å². The minimum Gasteiger partial charge on any atom is -0.497 e. The number of thiazole rings is 1. The fourth-order valence-electron chi connectivity index (χ4n) is 3.30. The van der Waals surface area contributed by atoms with Gasteiger partial charge in [-0.15, -0.1) is 11.8 Å². The second kappa shape index (κ2) is 8.41. The fraction of sp³-hybridized carbons (Fsp3) is 0.333. The molecule has 0 N–H and O–H groups in total. The summed E-state index contributed by atoms with van der Waals surface area (Å²) >= 11 is 3.22. The molecule has 4 rings (SSSR count). The molecule has 7 heteroatoms. The van der Waals surface area contributed by atoms with Gasteiger partial charge in [-0.25, -0.2) is 4.98 Å². The molecule has 1 aromatic heterocycles. The first kappa shape index (κ1) is 19.1. The van der Waals surface area contributed by atoms with Crippen LogP contribution in [0.2, 0.25) is 0 Å². The van der Waals surface area contributed by atoms with Gasteiger partial charge in [0, 0.05) is 42.5 Å². The van der Waals surface area contributed by atoms with Crippen molar-refractivity contribution in [3.8, 4) is 10.9 Å². The first-order chi connectivity index (χ1) is 13.7. The van der Waals surface area contributed by atoms with Gasteiger partial charge in [0.25, 0.3) is 11.1 Å². The van der Waals surface area contributed by atoms with Crippen molar-refractivity contribution in [2.45, 2.75) is 23.8 Å². The third kappa shape index (κ3) is 4.10. The molecular weight excluding hydrogens is 392 g/mol. The first-order valence-electron chi connectivity index (χ1n) is 9.21. The Morgan fingerprint density at radius 3 is 2.61 bits per heavy atom. The topological polar surface area (TPSA) is 51.7 Å². The van der Waals surface area contributed by atoms with Crippen LogP contribution in [0.3, 0.4) is 0 Å². The first-order valence-corrected chi connectivity index (χ1v) is 11.2. The minimum atomic E-state index is 0.0883. The lowest BCUT2D eigenvalue weighted by Gasteiger charge is -2.31. The molecule has 3 aromatic rings. The van der Waals surface area contributed by atoms with Gasteiger partial charge in [-0.3, -0.25) is 4.79 Å². The number of aromatic nitrogens is 1. The van der Waals surface area contributed by atoms with Crippen molar-refractivity contribution in [3.05, 3.63) is 48.0 Å². The van der Waals surface area contributed by atoms with Crippen molar-refractivity contribution in [2.75, 3.05) is 26.5 Å². The number of hydrogen-bond acceptors (Lipinski definition) is 6. The molecule has 0 bridgehead atoms. The number of carbonyl (C=O) groups is 1. The van der Waals surface area contributed by atoms with Crippen LogP contribution in [-0.4, -0.2) is 48.4 Å². The molecular formula is C21H22N2O3S2. The minimum absolute atomic E-state index is 0.0883. The Kier molecular flexibility index (Phi) is 5.73. The zero-order valence-electron chi connectivity index (χ0n) is 15.9. The summed E-state index contributed by atoms with van der Waals surface area (Å²) in [5.41, 5.74) is 1.64. The van der Waals surface area contributed by atoms with Crippen LogP contribution in [0.4, 0.5) is 0 Å². The number of piperidine rings is 1. The number of likely N-dealkylation sites (tertiary alicyclic amines) is 1. The van der Waals surface area contributed by atoms with Gasteiger partial charge in [-0.2, -0.15) is 0 Å². The van der Waals surface area contributed by atoms with Gasteiger partial charge in [0.1, 0.15) is 11.9 Å². The van der Waals surface area contributed by atoms with E-state index in [4.69, 9.17) is 9.47 Å². The number of benzene rings is 2. The Bertz CT molecular complexity index is 963. The van der Waals surface area contributed by atoms with Crippen LogP contribution in [0.15, 0.2) is 47.4 Å². The summed E-state index contributed by atoms with van der Waals surface area (Å²) < 4.78 is 12.4. The monoisotopic (exact) mass is 414 g/mol. The van der Waals surface area contributed by atoms with Crippen LogP contribution in [0.1, 0.15) is 23.2 Å². The zero-order chi connectivity index (χ0) is 19.5. The molecule has 2 heterocycles. The van der Waals surface area contributed by atoms with Gasteiger partial charge >= 0.3 is 0 Å². The Morgan fingerprint density at radius 1 is 1.18 bits per heavy atom. The molecule has 0 saturated carbocycles. The number of amides is 1. The number of carbonyl (C=O) groups excluding carboxylic acids is 1. The highest BCUT2D eigenvalue weighted by atomic mass is 32.2. The van der Waals surface area contributed by atoms with E-state index in [0.717, 1.165) is 39.3 Å². The maximum atomic E-state index is 12.7. The molecule has 5 nitrogen and oxygen atoms in total. The molecule has 1 fully saturated rings. The zero-order valence-corrected chi connectivity index (χ0v) is 17.5. The van der Waals surface area contributed by atoms with Gasteiger partial charge in [-0.05, 0) is 42.7 Å². The van der Waals surface area contributed by atoms with Gasteiger partial charge in [-0.1, -0.05) is 11.3 Å². The largest absolute Gasteiger partial charge is 0.497 e. The van der Waals surface area contributed by atoms with E-state index < -0.39 is 0 Å². The van der Waals surface area contributed by atoms with Crippen LogP contribution in [0.25, 0.3) is 10.2 Å². The Hall–Kier alpha value is -2.25. The van der Waals surface area contributed by atoms with Crippen LogP contribution in [-0.2, 0) is 0 Å². The highest BCUT2D eigenvalue weighted by Crippen LogP contribution is 2.32. The van der Waals surface area contributed by atoms with Gasteiger partial charge in [0.05, 0.1) is 17.3 Å². The van der Waals surface area contributed by atoms with E-state index in [1.807, 2.05) is 53.6 Å². The predicted octanol–water partition coefficient (Wildman–Crippen LogP) is 4.71. The molecule has 1 aliphatic heterocycles. The lowest BCUT2D eigenvalue weighted by molar-refractivity contribution is 0.0595. The summed E-state index contributed by atoms with van der Waals surface area (Å²) in [7, 11) is 1.65. The Morgan fingerprint density at radius 2 is 1.93 bits per heavy atom. The molecule has 0 aliphatic carbocycles. The van der Waals surface area contributed by atoms with Crippen LogP contribution >= 0.6 is 23.1 Å². The van der Waals surface area contributed by atoms with E-state index in [1.165, 1.54) is 0 Å². The van der Waals surface area contributed by atoms with E-state index in [2.05, 4.69) is 4.98 Å². The molecule has 0 unspecified atom stereocenters. The van der Waals surface area contributed by atoms with Gasteiger partial charge in [0.2, 0.25) is 0 Å². The van der Waals surface area contributed by atoms with Crippen LogP contribution in [0, 0.1) is 0 Å². The van der Waals surface area contributed by atoms with E-state index in [-0.39, 0.29) is 12.0 Å². The molecule has 0 spiro atoms. The Balaban J connectivity index is 1.35. The number of thioether (sulfide) groups is 1. The molecule has 0 atom stereocenters. The smallest absolute Gasteiger partial charge is 0.274 e. The quantitative estimate of drug-likeness (QED) is 0.566. The molecule has 1 saturated heterocycles. The van der Waals surface area contributed by atoms with Gasteiger partial charge < -0.3 is 14.4 Å². The van der Waals surface area contributed by atoms with Gasteiger partial charge in [0.15, 0.2) is 0 Å². The van der Waals surface area contributed by atoms with E-state index in [9.17, 15) is 4.79 Å². The van der Waals surface area contributed by atoms with E-state index >= 15 is 0 Å². The van der Waals surface area contributed by atoms with Crippen LogP contribution in [0.5, 0.6) is 10.9 Å². The third-order valence-electron chi connectivity index (χ3n) is 4.91. The van der Waals surface area contributed by atoms with E-state index in [1.54, 1.807) is 30.2 Å². The lowest BCUT2D eigenvalue weighted by Crippen LogP contribution is -2.41. The summed E-state index contributed by atoms with van der Waals surface area (Å²) in [4.78, 5) is 20.3. The SMILES string of the molecule is COc1ccc2sc(OC3CCN(C(=O)c4ccc(SC)cc4)CC3)nc2c1. The van der Waals surface area contributed by atoms with Crippen molar-refractivity contribution in [2.24, 2.45) is 0 Å². The standard InChI is InChI=1S/C21H22N2O3S2/c1-25-16-5-8-19-18(13-16)22-21(28-19)26-15-9-11-23(12-10-15)20(24)14-3-6-17(27-2)7-4-14/h3-8,13,15H,9-12H2,1-2H3. The number of hydrogen-bond donors (Lipinski definition) is 0. The number of fused-ring (bicyclic) bond motifs is 1. The lowest BCUT2D eigenvalue weighted by atomic mass is 10.1. The number of methoxy groups -OCH3 is 1.